The number of rotatable bonds is 8. The maximum Gasteiger partial charge on any atom is 0.257 e. The first-order valence-electron chi connectivity index (χ1n) is 9.18. The minimum absolute atomic E-state index is 0.0444. The van der Waals surface area contributed by atoms with E-state index < -0.39 is 0 Å². The fourth-order valence-corrected chi connectivity index (χ4v) is 3.37. The molecule has 0 aliphatic heterocycles. The van der Waals surface area contributed by atoms with Gasteiger partial charge in [-0.05, 0) is 60.7 Å². The lowest BCUT2D eigenvalue weighted by atomic mass is 10.1. The lowest BCUT2D eigenvalue weighted by Gasteiger charge is -2.16. The van der Waals surface area contributed by atoms with Crippen LogP contribution in [0.4, 0.5) is 4.39 Å². The summed E-state index contributed by atoms with van der Waals surface area (Å²) in [6.07, 6.45) is 1.85. The molecular weight excluding hydrogens is 347 g/mol. The van der Waals surface area contributed by atoms with Gasteiger partial charge in [0.1, 0.15) is 5.82 Å². The van der Waals surface area contributed by atoms with Crippen molar-refractivity contribution in [3.05, 3.63) is 58.9 Å². The molecule has 0 heterocycles. The van der Waals surface area contributed by atoms with Crippen molar-refractivity contribution in [2.24, 2.45) is 0 Å². The van der Waals surface area contributed by atoms with E-state index in [4.69, 9.17) is 9.47 Å². The number of amides is 1. The van der Waals surface area contributed by atoms with E-state index >= 15 is 0 Å². The molecule has 2 aromatic rings. The second-order valence-corrected chi connectivity index (χ2v) is 6.54. The third-order valence-corrected chi connectivity index (χ3v) is 4.70. The highest BCUT2D eigenvalue weighted by molar-refractivity contribution is 5.77. The molecule has 0 aromatic heterocycles. The number of methoxy groups -OCH3 is 1. The van der Waals surface area contributed by atoms with E-state index in [-0.39, 0.29) is 24.4 Å². The molecule has 0 saturated heterocycles. The monoisotopic (exact) mass is 372 g/mol. The molecular formula is C21H25FN2O3. The van der Waals surface area contributed by atoms with Gasteiger partial charge in [-0.15, -0.1) is 0 Å². The van der Waals surface area contributed by atoms with E-state index in [1.165, 1.54) is 11.6 Å². The Morgan fingerprint density at radius 1 is 1.22 bits per heavy atom. The first-order valence-corrected chi connectivity index (χ1v) is 9.18. The van der Waals surface area contributed by atoms with E-state index in [9.17, 15) is 9.18 Å². The summed E-state index contributed by atoms with van der Waals surface area (Å²) >= 11 is 0. The molecule has 0 radical (unpaired) electrons. The molecule has 144 valence electrons. The normalized spacial score (nSPS) is 15.3. The Morgan fingerprint density at radius 2 is 2.07 bits per heavy atom. The van der Waals surface area contributed by atoms with Gasteiger partial charge in [-0.1, -0.05) is 12.1 Å². The Kier molecular flexibility index (Phi) is 6.29. The van der Waals surface area contributed by atoms with E-state index in [0.717, 1.165) is 24.0 Å². The van der Waals surface area contributed by atoms with Crippen LogP contribution in [0.25, 0.3) is 0 Å². The number of likely N-dealkylation sites (N-methyl/N-ethyl adjacent to an activating group) is 1. The van der Waals surface area contributed by atoms with Gasteiger partial charge in [-0.25, -0.2) is 4.39 Å². The lowest BCUT2D eigenvalue weighted by molar-refractivity contribution is -0.123. The highest BCUT2D eigenvalue weighted by atomic mass is 19.1. The number of nitrogens with one attached hydrogen (secondary N) is 2. The number of ether oxygens (including phenoxy) is 2. The minimum atomic E-state index is -0.178. The molecule has 1 amide bonds. The standard InChI is InChI=1S/C21H25FN2O3/c1-3-23-21(25)13-27-19-9-4-14(10-20(19)26-2)12-24-18-8-5-15-11-16(22)6-7-17(15)18/h4,6-7,9-11,18,24H,3,5,8,12-13H2,1-2H3,(H,23,25). The summed E-state index contributed by atoms with van der Waals surface area (Å²) in [5.74, 6) is 0.783. The SMILES string of the molecule is CCNC(=O)COc1ccc(CNC2CCc3cc(F)ccc32)cc1OC. The molecule has 2 aromatic carbocycles. The summed E-state index contributed by atoms with van der Waals surface area (Å²) in [6, 6.07) is 10.9. The van der Waals surface area contributed by atoms with Crippen LogP contribution in [0.3, 0.4) is 0 Å². The summed E-state index contributed by atoms with van der Waals surface area (Å²) < 4.78 is 24.3. The predicted octanol–water partition coefficient (Wildman–Crippen LogP) is 3.13. The highest BCUT2D eigenvalue weighted by Gasteiger charge is 2.22. The fraction of sp³-hybridized carbons (Fsp3) is 0.381. The van der Waals surface area contributed by atoms with Crippen molar-refractivity contribution < 1.29 is 18.7 Å². The van der Waals surface area contributed by atoms with Crippen LogP contribution in [0.15, 0.2) is 36.4 Å². The minimum Gasteiger partial charge on any atom is -0.493 e. The van der Waals surface area contributed by atoms with Gasteiger partial charge >= 0.3 is 0 Å². The number of carbonyl (C=O) groups excluding carboxylic acids is 1. The summed E-state index contributed by atoms with van der Waals surface area (Å²) in [6.45, 7) is 3.05. The average molecular weight is 372 g/mol. The van der Waals surface area contributed by atoms with Crippen molar-refractivity contribution in [1.29, 1.82) is 0 Å². The first kappa shape index (κ1) is 19.2. The summed E-state index contributed by atoms with van der Waals surface area (Å²) in [5, 5.41) is 6.22. The van der Waals surface area contributed by atoms with E-state index in [1.54, 1.807) is 13.2 Å². The third kappa shape index (κ3) is 4.77. The number of aryl methyl sites for hydroxylation is 1. The first-order chi connectivity index (χ1) is 13.1. The molecule has 0 spiro atoms. The van der Waals surface area contributed by atoms with Gasteiger partial charge in [0, 0.05) is 19.1 Å². The number of halogens is 1. The number of hydrogen-bond donors (Lipinski definition) is 2. The Bertz CT molecular complexity index is 810. The molecule has 3 rings (SSSR count). The smallest absolute Gasteiger partial charge is 0.257 e. The maximum atomic E-state index is 13.3. The van der Waals surface area contributed by atoms with Gasteiger partial charge in [0.15, 0.2) is 18.1 Å². The number of hydrogen-bond acceptors (Lipinski definition) is 4. The molecule has 27 heavy (non-hydrogen) atoms. The zero-order chi connectivity index (χ0) is 19.2. The fourth-order valence-electron chi connectivity index (χ4n) is 3.37. The number of fused-ring (bicyclic) bond motifs is 1. The zero-order valence-corrected chi connectivity index (χ0v) is 15.7. The quantitative estimate of drug-likeness (QED) is 0.748. The molecule has 1 aliphatic rings. The Hall–Kier alpha value is -2.60. The van der Waals surface area contributed by atoms with E-state index in [2.05, 4.69) is 10.6 Å². The zero-order valence-electron chi connectivity index (χ0n) is 15.7. The van der Waals surface area contributed by atoms with Gasteiger partial charge < -0.3 is 20.1 Å². The Labute approximate surface area is 158 Å². The average Bonchev–Trinajstić information content (AvgIpc) is 3.07. The van der Waals surface area contributed by atoms with E-state index in [1.807, 2.05) is 31.2 Å². The predicted molar refractivity (Wildman–Crippen MR) is 101 cm³/mol. The van der Waals surface area contributed by atoms with Gasteiger partial charge in [0.2, 0.25) is 0 Å². The molecule has 6 heteroatoms. The molecule has 1 aliphatic carbocycles. The second kappa shape index (κ2) is 8.86. The largest absolute Gasteiger partial charge is 0.493 e. The van der Waals surface area contributed by atoms with Crippen molar-refractivity contribution in [2.45, 2.75) is 32.4 Å². The molecule has 5 nitrogen and oxygen atoms in total. The number of benzene rings is 2. The molecule has 0 fully saturated rings. The van der Waals surface area contributed by atoms with Crippen LogP contribution >= 0.6 is 0 Å². The maximum absolute atomic E-state index is 13.3. The second-order valence-electron chi connectivity index (χ2n) is 6.54. The van der Waals surface area contributed by atoms with Crippen LogP contribution in [-0.4, -0.2) is 26.2 Å². The molecule has 1 unspecified atom stereocenters. The van der Waals surface area contributed by atoms with Gasteiger partial charge in [0.05, 0.1) is 7.11 Å². The highest BCUT2D eigenvalue weighted by Crippen LogP contribution is 2.32. The summed E-state index contributed by atoms with van der Waals surface area (Å²) in [7, 11) is 1.58. The lowest BCUT2D eigenvalue weighted by Crippen LogP contribution is -2.28. The molecule has 0 saturated carbocycles. The van der Waals surface area contributed by atoms with Crippen molar-refractivity contribution >= 4 is 5.91 Å². The van der Waals surface area contributed by atoms with Crippen LogP contribution in [0, 0.1) is 5.82 Å². The Balaban J connectivity index is 1.61. The van der Waals surface area contributed by atoms with Gasteiger partial charge in [0.25, 0.3) is 5.91 Å². The van der Waals surface area contributed by atoms with E-state index in [0.29, 0.717) is 24.6 Å². The molecule has 0 bridgehead atoms. The molecule has 1 atom stereocenters. The van der Waals surface area contributed by atoms with Gasteiger partial charge in [-0.3, -0.25) is 4.79 Å². The topological polar surface area (TPSA) is 59.6 Å². The van der Waals surface area contributed by atoms with Crippen molar-refractivity contribution in [1.82, 2.24) is 10.6 Å². The van der Waals surface area contributed by atoms with Crippen LogP contribution < -0.4 is 20.1 Å². The van der Waals surface area contributed by atoms with Crippen LogP contribution in [0.5, 0.6) is 11.5 Å². The third-order valence-electron chi connectivity index (χ3n) is 4.70. The Morgan fingerprint density at radius 3 is 2.85 bits per heavy atom. The molecule has 2 N–H and O–H groups in total. The van der Waals surface area contributed by atoms with Crippen molar-refractivity contribution in [2.75, 3.05) is 20.3 Å². The summed E-state index contributed by atoms with van der Waals surface area (Å²) in [4.78, 5) is 11.5. The number of carbonyl (C=O) groups is 1. The van der Waals surface area contributed by atoms with Crippen molar-refractivity contribution in [3.8, 4) is 11.5 Å². The van der Waals surface area contributed by atoms with Gasteiger partial charge in [-0.2, -0.15) is 0 Å². The van der Waals surface area contributed by atoms with Crippen LogP contribution in [0.1, 0.15) is 36.1 Å². The van der Waals surface area contributed by atoms with Crippen LogP contribution in [0.2, 0.25) is 0 Å². The van der Waals surface area contributed by atoms with Crippen LogP contribution in [-0.2, 0) is 17.8 Å². The van der Waals surface area contributed by atoms with Crippen molar-refractivity contribution in [3.63, 3.8) is 0 Å². The summed E-state index contributed by atoms with van der Waals surface area (Å²) in [5.41, 5.74) is 3.30.